The van der Waals surface area contributed by atoms with Gasteiger partial charge in [0.25, 0.3) is 0 Å². The zero-order valence-corrected chi connectivity index (χ0v) is 8.73. The van der Waals surface area contributed by atoms with Crippen molar-refractivity contribution < 1.29 is 19.8 Å². The molecule has 0 bridgehead atoms. The number of nitrogens with zero attached hydrogens (tertiary/aromatic N) is 1. The average Bonchev–Trinajstić information content (AvgIpc) is 2.04. The molecule has 14 heavy (non-hydrogen) atoms. The second kappa shape index (κ2) is 5.59. The predicted molar refractivity (Wildman–Crippen MR) is 51.2 cm³/mol. The lowest BCUT2D eigenvalue weighted by Crippen LogP contribution is -2.47. The van der Waals surface area contributed by atoms with Gasteiger partial charge in [-0.2, -0.15) is 0 Å². The Hall–Kier alpha value is -1.10. The van der Waals surface area contributed by atoms with Crippen LogP contribution in [0.25, 0.3) is 0 Å². The zero-order valence-electron chi connectivity index (χ0n) is 8.73. The standard InChI is InChI=1S/C9H17NO4/c1-4-6(8(11)12)10(3)7(5-2)9(13)14/h6-7H,4-5H2,1-3H3,(H,11,12)(H,13,14). The van der Waals surface area contributed by atoms with Crippen LogP contribution < -0.4 is 0 Å². The van der Waals surface area contributed by atoms with Gasteiger partial charge in [0.1, 0.15) is 12.1 Å². The van der Waals surface area contributed by atoms with Crippen LogP contribution in [0.4, 0.5) is 0 Å². The Morgan fingerprint density at radius 2 is 1.36 bits per heavy atom. The smallest absolute Gasteiger partial charge is 0.320 e. The van der Waals surface area contributed by atoms with Crippen LogP contribution in [0.1, 0.15) is 26.7 Å². The third-order valence-corrected chi connectivity index (χ3v) is 2.33. The number of hydrogen-bond donors (Lipinski definition) is 2. The first kappa shape index (κ1) is 12.9. The highest BCUT2D eigenvalue weighted by molar-refractivity contribution is 5.77. The summed E-state index contributed by atoms with van der Waals surface area (Å²) in [7, 11) is 1.53. The minimum atomic E-state index is -0.977. The Bertz CT molecular complexity index is 195. The maximum absolute atomic E-state index is 10.8. The molecule has 0 aliphatic carbocycles. The van der Waals surface area contributed by atoms with E-state index in [0.29, 0.717) is 12.8 Å². The van der Waals surface area contributed by atoms with Crippen LogP contribution in [0.3, 0.4) is 0 Å². The first-order valence-corrected chi connectivity index (χ1v) is 4.63. The number of hydrogen-bond acceptors (Lipinski definition) is 3. The Morgan fingerprint density at radius 1 is 1.07 bits per heavy atom. The largest absolute Gasteiger partial charge is 0.480 e. The topological polar surface area (TPSA) is 77.8 Å². The fourth-order valence-electron chi connectivity index (χ4n) is 1.49. The van der Waals surface area contributed by atoms with E-state index in [-0.39, 0.29) is 0 Å². The normalized spacial score (nSPS) is 15.1. The van der Waals surface area contributed by atoms with Gasteiger partial charge in [0.15, 0.2) is 0 Å². The molecular formula is C9H17NO4. The van der Waals surface area contributed by atoms with Crippen molar-refractivity contribution in [1.29, 1.82) is 0 Å². The van der Waals surface area contributed by atoms with Gasteiger partial charge >= 0.3 is 11.9 Å². The number of carboxylic acid groups (broad SMARTS) is 2. The highest BCUT2D eigenvalue weighted by Crippen LogP contribution is 2.10. The summed E-state index contributed by atoms with van der Waals surface area (Å²) in [5.74, 6) is -1.95. The molecule has 0 aliphatic rings. The zero-order chi connectivity index (χ0) is 11.3. The van der Waals surface area contributed by atoms with Crippen molar-refractivity contribution in [1.82, 2.24) is 4.90 Å². The number of rotatable bonds is 6. The van der Waals surface area contributed by atoms with Crippen LogP contribution in [-0.4, -0.2) is 46.2 Å². The number of aliphatic carboxylic acids is 2. The highest BCUT2D eigenvalue weighted by Gasteiger charge is 2.29. The van der Waals surface area contributed by atoms with Gasteiger partial charge in [-0.05, 0) is 19.9 Å². The minimum absolute atomic E-state index is 0.398. The molecule has 0 aromatic rings. The van der Waals surface area contributed by atoms with Crippen molar-refractivity contribution in [2.45, 2.75) is 38.8 Å². The lowest BCUT2D eigenvalue weighted by molar-refractivity contribution is -0.149. The molecule has 0 amide bonds. The van der Waals surface area contributed by atoms with Crippen LogP contribution in [0.15, 0.2) is 0 Å². The third-order valence-electron chi connectivity index (χ3n) is 2.33. The van der Waals surface area contributed by atoms with Crippen LogP contribution >= 0.6 is 0 Å². The van der Waals surface area contributed by atoms with E-state index in [4.69, 9.17) is 10.2 Å². The van der Waals surface area contributed by atoms with Crippen molar-refractivity contribution in [3.63, 3.8) is 0 Å². The van der Waals surface area contributed by atoms with Crippen molar-refractivity contribution in [3.8, 4) is 0 Å². The first-order chi connectivity index (χ1) is 6.45. The fraction of sp³-hybridized carbons (Fsp3) is 0.778. The molecule has 2 unspecified atom stereocenters. The van der Waals surface area contributed by atoms with Crippen molar-refractivity contribution in [2.75, 3.05) is 7.05 Å². The fourth-order valence-corrected chi connectivity index (χ4v) is 1.49. The summed E-state index contributed by atoms with van der Waals surface area (Å²) < 4.78 is 0. The number of likely N-dealkylation sites (N-methyl/N-ethyl adjacent to an activating group) is 1. The molecule has 0 fully saturated rings. The Morgan fingerprint density at radius 3 is 1.50 bits per heavy atom. The molecule has 0 saturated carbocycles. The summed E-state index contributed by atoms with van der Waals surface area (Å²) in [4.78, 5) is 23.0. The van der Waals surface area contributed by atoms with Crippen LogP contribution in [-0.2, 0) is 9.59 Å². The molecule has 0 aliphatic heterocycles. The van der Waals surface area contributed by atoms with E-state index < -0.39 is 24.0 Å². The SMILES string of the molecule is CCC(C(=O)O)N(C)C(CC)C(=O)O. The Kier molecular flexibility index (Phi) is 5.15. The van der Waals surface area contributed by atoms with E-state index >= 15 is 0 Å². The molecule has 0 radical (unpaired) electrons. The Balaban J connectivity index is 4.61. The van der Waals surface area contributed by atoms with Gasteiger partial charge in [-0.25, -0.2) is 0 Å². The van der Waals surface area contributed by atoms with E-state index in [0.717, 1.165) is 0 Å². The van der Waals surface area contributed by atoms with E-state index in [9.17, 15) is 9.59 Å². The average molecular weight is 203 g/mol. The van der Waals surface area contributed by atoms with E-state index in [1.807, 2.05) is 0 Å². The summed E-state index contributed by atoms with van der Waals surface area (Å²) in [5.41, 5.74) is 0. The molecule has 5 heteroatoms. The molecule has 2 atom stereocenters. The van der Waals surface area contributed by atoms with Crippen LogP contribution in [0, 0.1) is 0 Å². The number of carboxylic acids is 2. The minimum Gasteiger partial charge on any atom is -0.480 e. The molecular weight excluding hydrogens is 186 g/mol. The maximum Gasteiger partial charge on any atom is 0.320 e. The van der Waals surface area contributed by atoms with Gasteiger partial charge < -0.3 is 10.2 Å². The molecule has 5 nitrogen and oxygen atoms in total. The van der Waals surface area contributed by atoms with E-state index in [1.165, 1.54) is 11.9 Å². The van der Waals surface area contributed by atoms with Gasteiger partial charge in [-0.3, -0.25) is 14.5 Å². The molecule has 0 aromatic carbocycles. The molecule has 2 N–H and O–H groups in total. The second-order valence-electron chi connectivity index (χ2n) is 3.19. The molecule has 0 heterocycles. The summed E-state index contributed by atoms with van der Waals surface area (Å²) in [5, 5.41) is 17.7. The van der Waals surface area contributed by atoms with Gasteiger partial charge in [0, 0.05) is 0 Å². The van der Waals surface area contributed by atoms with Gasteiger partial charge in [0.2, 0.25) is 0 Å². The van der Waals surface area contributed by atoms with Crippen molar-refractivity contribution >= 4 is 11.9 Å². The third kappa shape index (κ3) is 2.99. The monoisotopic (exact) mass is 203 g/mol. The number of carbonyl (C=O) groups is 2. The lowest BCUT2D eigenvalue weighted by Gasteiger charge is -2.28. The maximum atomic E-state index is 10.8. The molecule has 82 valence electrons. The summed E-state index contributed by atoms with van der Waals surface area (Å²) in [6, 6.07) is -1.45. The van der Waals surface area contributed by atoms with E-state index in [1.54, 1.807) is 13.8 Å². The first-order valence-electron chi connectivity index (χ1n) is 4.63. The predicted octanol–water partition coefficient (Wildman–Crippen LogP) is 0.645. The summed E-state index contributed by atoms with van der Waals surface area (Å²) >= 11 is 0. The van der Waals surface area contributed by atoms with Crippen LogP contribution in [0.5, 0.6) is 0 Å². The van der Waals surface area contributed by atoms with Crippen molar-refractivity contribution in [3.05, 3.63) is 0 Å². The van der Waals surface area contributed by atoms with Gasteiger partial charge in [0.05, 0.1) is 0 Å². The van der Waals surface area contributed by atoms with Gasteiger partial charge in [-0.15, -0.1) is 0 Å². The molecule has 0 rings (SSSR count). The molecule has 0 aromatic heterocycles. The molecule has 0 spiro atoms. The molecule has 0 saturated heterocycles. The quantitative estimate of drug-likeness (QED) is 0.662. The summed E-state index contributed by atoms with van der Waals surface area (Å²) in [6.07, 6.45) is 0.797. The Labute approximate surface area is 83.3 Å². The lowest BCUT2D eigenvalue weighted by atomic mass is 10.1. The summed E-state index contributed by atoms with van der Waals surface area (Å²) in [6.45, 7) is 3.45. The second-order valence-corrected chi connectivity index (χ2v) is 3.19. The van der Waals surface area contributed by atoms with E-state index in [2.05, 4.69) is 0 Å². The van der Waals surface area contributed by atoms with Gasteiger partial charge in [-0.1, -0.05) is 13.8 Å². The highest BCUT2D eigenvalue weighted by atomic mass is 16.4. The van der Waals surface area contributed by atoms with Crippen molar-refractivity contribution in [2.24, 2.45) is 0 Å². The van der Waals surface area contributed by atoms with Crippen LogP contribution in [0.2, 0.25) is 0 Å².